The second-order valence-corrected chi connectivity index (χ2v) is 6.04. The predicted molar refractivity (Wildman–Crippen MR) is 94.5 cm³/mol. The normalized spacial score (nSPS) is 11.3. The lowest BCUT2D eigenvalue weighted by Crippen LogP contribution is -2.36. The van der Waals surface area contributed by atoms with Gasteiger partial charge in [-0.25, -0.2) is 9.98 Å². The van der Waals surface area contributed by atoms with Crippen LogP contribution in [0.1, 0.15) is 17.4 Å². The van der Waals surface area contributed by atoms with Crippen molar-refractivity contribution in [2.45, 2.75) is 20.0 Å². The molecule has 2 rings (SSSR count). The number of pyridine rings is 1. The summed E-state index contributed by atoms with van der Waals surface area (Å²) in [5.41, 5.74) is 1.11. The van der Waals surface area contributed by atoms with Crippen LogP contribution in [0.5, 0.6) is 0 Å². The molecule has 0 amide bonds. The Morgan fingerprint density at radius 1 is 1.27 bits per heavy atom. The zero-order valence-corrected chi connectivity index (χ0v) is 14.2. The molecule has 0 unspecified atom stereocenters. The van der Waals surface area contributed by atoms with Crippen LogP contribution in [-0.4, -0.2) is 31.6 Å². The SMILES string of the molecule is CCNC(=NCc1cccnc1N(C)C)NCc1cccs1. The Kier molecular flexibility index (Phi) is 6.21. The Morgan fingerprint density at radius 3 is 2.82 bits per heavy atom. The van der Waals surface area contributed by atoms with Crippen LogP contribution in [0.4, 0.5) is 5.82 Å². The molecular formula is C16H23N5S. The molecule has 0 aliphatic rings. The van der Waals surface area contributed by atoms with Gasteiger partial charge in [0, 0.05) is 37.3 Å². The molecule has 0 bridgehead atoms. The van der Waals surface area contributed by atoms with Crippen molar-refractivity contribution in [3.8, 4) is 0 Å². The van der Waals surface area contributed by atoms with Crippen LogP contribution >= 0.6 is 11.3 Å². The van der Waals surface area contributed by atoms with E-state index in [-0.39, 0.29) is 0 Å². The number of hydrogen-bond donors (Lipinski definition) is 2. The molecule has 2 heterocycles. The molecule has 2 aromatic heterocycles. The first-order chi connectivity index (χ1) is 10.7. The Hall–Kier alpha value is -2.08. The first-order valence-electron chi connectivity index (χ1n) is 7.36. The van der Waals surface area contributed by atoms with Gasteiger partial charge in [0.25, 0.3) is 0 Å². The number of thiophene rings is 1. The monoisotopic (exact) mass is 317 g/mol. The lowest BCUT2D eigenvalue weighted by atomic mass is 10.2. The van der Waals surface area contributed by atoms with E-state index in [0.717, 1.165) is 30.4 Å². The average Bonchev–Trinajstić information content (AvgIpc) is 3.03. The highest BCUT2D eigenvalue weighted by atomic mass is 32.1. The predicted octanol–water partition coefficient (Wildman–Crippen LogP) is 2.46. The number of anilines is 1. The third-order valence-electron chi connectivity index (χ3n) is 3.05. The zero-order chi connectivity index (χ0) is 15.8. The summed E-state index contributed by atoms with van der Waals surface area (Å²) in [6.07, 6.45) is 1.81. The molecule has 0 aliphatic heterocycles. The maximum atomic E-state index is 4.66. The van der Waals surface area contributed by atoms with Gasteiger partial charge >= 0.3 is 0 Å². The number of guanidine groups is 1. The van der Waals surface area contributed by atoms with Crippen molar-refractivity contribution in [2.24, 2.45) is 4.99 Å². The molecule has 2 N–H and O–H groups in total. The van der Waals surface area contributed by atoms with E-state index in [4.69, 9.17) is 0 Å². The van der Waals surface area contributed by atoms with E-state index in [1.807, 2.05) is 31.3 Å². The van der Waals surface area contributed by atoms with Crippen LogP contribution in [0.25, 0.3) is 0 Å². The largest absolute Gasteiger partial charge is 0.362 e. The Morgan fingerprint density at radius 2 is 2.14 bits per heavy atom. The van der Waals surface area contributed by atoms with Gasteiger partial charge in [-0.1, -0.05) is 12.1 Å². The number of nitrogens with one attached hydrogen (secondary N) is 2. The summed E-state index contributed by atoms with van der Waals surface area (Å²) in [5, 5.41) is 8.71. The Bertz CT molecular complexity index is 592. The number of hydrogen-bond acceptors (Lipinski definition) is 4. The van der Waals surface area contributed by atoms with Crippen molar-refractivity contribution in [2.75, 3.05) is 25.5 Å². The second kappa shape index (κ2) is 8.38. The molecule has 0 atom stereocenters. The van der Waals surface area contributed by atoms with Crippen LogP contribution in [0.15, 0.2) is 40.8 Å². The molecule has 6 heteroatoms. The molecule has 0 saturated heterocycles. The highest BCUT2D eigenvalue weighted by Gasteiger charge is 2.05. The summed E-state index contributed by atoms with van der Waals surface area (Å²) in [7, 11) is 3.99. The van der Waals surface area contributed by atoms with E-state index in [1.165, 1.54) is 4.88 Å². The van der Waals surface area contributed by atoms with Crippen molar-refractivity contribution < 1.29 is 0 Å². The lowest BCUT2D eigenvalue weighted by molar-refractivity contribution is 0.822. The van der Waals surface area contributed by atoms with Crippen molar-refractivity contribution in [1.82, 2.24) is 15.6 Å². The molecule has 0 radical (unpaired) electrons. The Balaban J connectivity index is 2.03. The van der Waals surface area contributed by atoms with E-state index in [1.54, 1.807) is 11.3 Å². The molecule has 118 valence electrons. The van der Waals surface area contributed by atoms with E-state index >= 15 is 0 Å². The summed E-state index contributed by atoms with van der Waals surface area (Å²) in [4.78, 5) is 12.4. The number of aliphatic imine (C=N–C) groups is 1. The van der Waals surface area contributed by atoms with Gasteiger partial charge in [0.05, 0.1) is 13.1 Å². The maximum absolute atomic E-state index is 4.66. The Labute approximate surface area is 136 Å². The fourth-order valence-electron chi connectivity index (χ4n) is 2.05. The van der Waals surface area contributed by atoms with Crippen LogP contribution in [0.3, 0.4) is 0 Å². The second-order valence-electron chi connectivity index (χ2n) is 5.01. The lowest BCUT2D eigenvalue weighted by Gasteiger charge is -2.15. The van der Waals surface area contributed by atoms with Gasteiger partial charge in [0.1, 0.15) is 5.82 Å². The molecule has 22 heavy (non-hydrogen) atoms. The van der Waals surface area contributed by atoms with Crippen molar-refractivity contribution in [1.29, 1.82) is 0 Å². The maximum Gasteiger partial charge on any atom is 0.191 e. The molecule has 2 aromatic rings. The van der Waals surface area contributed by atoms with Gasteiger partial charge < -0.3 is 15.5 Å². The van der Waals surface area contributed by atoms with Crippen LogP contribution < -0.4 is 15.5 Å². The summed E-state index contributed by atoms with van der Waals surface area (Å²) < 4.78 is 0. The number of aromatic nitrogens is 1. The van der Waals surface area contributed by atoms with Crippen molar-refractivity contribution >= 4 is 23.1 Å². The molecule has 5 nitrogen and oxygen atoms in total. The van der Waals surface area contributed by atoms with E-state index < -0.39 is 0 Å². The van der Waals surface area contributed by atoms with Crippen molar-refractivity contribution in [3.63, 3.8) is 0 Å². The van der Waals surface area contributed by atoms with Gasteiger partial charge in [0.15, 0.2) is 5.96 Å². The molecule has 0 aliphatic carbocycles. The van der Waals surface area contributed by atoms with E-state index in [2.05, 4.69) is 51.1 Å². The van der Waals surface area contributed by atoms with Crippen molar-refractivity contribution in [3.05, 3.63) is 46.3 Å². The van der Waals surface area contributed by atoms with Gasteiger partial charge in [-0.05, 0) is 24.4 Å². The highest BCUT2D eigenvalue weighted by Crippen LogP contribution is 2.15. The smallest absolute Gasteiger partial charge is 0.191 e. The first-order valence-corrected chi connectivity index (χ1v) is 8.24. The third kappa shape index (κ3) is 4.73. The van der Waals surface area contributed by atoms with Gasteiger partial charge in [0.2, 0.25) is 0 Å². The van der Waals surface area contributed by atoms with E-state index in [0.29, 0.717) is 6.54 Å². The quantitative estimate of drug-likeness (QED) is 0.635. The van der Waals surface area contributed by atoms with Gasteiger partial charge in [-0.2, -0.15) is 0 Å². The van der Waals surface area contributed by atoms with Crippen LogP contribution in [0.2, 0.25) is 0 Å². The first kappa shape index (κ1) is 16.3. The third-order valence-corrected chi connectivity index (χ3v) is 3.93. The summed E-state index contributed by atoms with van der Waals surface area (Å²) in [6.45, 7) is 4.29. The number of nitrogens with zero attached hydrogens (tertiary/aromatic N) is 3. The number of rotatable bonds is 6. The van der Waals surface area contributed by atoms with Gasteiger partial charge in [-0.15, -0.1) is 11.3 Å². The minimum Gasteiger partial charge on any atom is -0.362 e. The molecular weight excluding hydrogens is 294 g/mol. The topological polar surface area (TPSA) is 52.6 Å². The van der Waals surface area contributed by atoms with Crippen LogP contribution in [0, 0.1) is 0 Å². The summed E-state index contributed by atoms with van der Waals surface area (Å²) in [5.74, 6) is 1.78. The summed E-state index contributed by atoms with van der Waals surface area (Å²) in [6, 6.07) is 8.19. The molecule has 0 spiro atoms. The molecule has 0 aromatic carbocycles. The molecule has 0 saturated carbocycles. The fraction of sp³-hybridized carbons (Fsp3) is 0.375. The van der Waals surface area contributed by atoms with Gasteiger partial charge in [-0.3, -0.25) is 0 Å². The standard InChI is InChI=1S/C16H23N5S/c1-4-17-16(20-12-14-8-6-10-22-14)19-11-13-7-5-9-18-15(13)21(2)3/h5-10H,4,11-12H2,1-3H3,(H2,17,19,20). The average molecular weight is 317 g/mol. The highest BCUT2D eigenvalue weighted by molar-refractivity contribution is 7.09. The minimum atomic E-state index is 0.598. The minimum absolute atomic E-state index is 0.598. The fourth-order valence-corrected chi connectivity index (χ4v) is 2.69. The van der Waals surface area contributed by atoms with E-state index in [9.17, 15) is 0 Å². The zero-order valence-electron chi connectivity index (χ0n) is 13.3. The van der Waals surface area contributed by atoms with Crippen LogP contribution in [-0.2, 0) is 13.1 Å². The molecule has 0 fully saturated rings. The summed E-state index contributed by atoms with van der Waals surface area (Å²) >= 11 is 1.74.